The number of phenols is 2. The zero-order valence-corrected chi connectivity index (χ0v) is 11.7. The minimum absolute atomic E-state index is 0.111. The molecule has 1 aliphatic rings. The molecule has 1 amide bonds. The molecule has 1 aromatic carbocycles. The Balaban J connectivity index is 2.03. The Morgan fingerprint density at radius 3 is 2.48 bits per heavy atom. The summed E-state index contributed by atoms with van der Waals surface area (Å²) in [5, 5.41) is 27.6. The average molecular weight is 293 g/mol. The van der Waals surface area contributed by atoms with Gasteiger partial charge in [0.15, 0.2) is 0 Å². The van der Waals surface area contributed by atoms with E-state index >= 15 is 0 Å². The predicted molar refractivity (Wildman–Crippen MR) is 75.3 cm³/mol. The van der Waals surface area contributed by atoms with Crippen LogP contribution < -0.4 is 0 Å². The number of hydrogen-bond acceptors (Lipinski definition) is 4. The van der Waals surface area contributed by atoms with Crippen LogP contribution in [-0.4, -0.2) is 45.2 Å². The van der Waals surface area contributed by atoms with Crippen molar-refractivity contribution in [3.63, 3.8) is 0 Å². The van der Waals surface area contributed by atoms with Crippen molar-refractivity contribution < 1.29 is 24.9 Å². The molecule has 1 aliphatic heterocycles. The van der Waals surface area contributed by atoms with Crippen LogP contribution in [0.5, 0.6) is 11.5 Å². The van der Waals surface area contributed by atoms with E-state index in [1.54, 1.807) is 4.90 Å². The van der Waals surface area contributed by atoms with Crippen molar-refractivity contribution in [2.45, 2.75) is 25.7 Å². The highest BCUT2D eigenvalue weighted by molar-refractivity contribution is 5.95. The Morgan fingerprint density at radius 1 is 1.19 bits per heavy atom. The van der Waals surface area contributed by atoms with Gasteiger partial charge in [0.1, 0.15) is 11.5 Å². The van der Waals surface area contributed by atoms with Crippen molar-refractivity contribution in [1.29, 1.82) is 0 Å². The van der Waals surface area contributed by atoms with Crippen molar-refractivity contribution in [3.05, 3.63) is 23.8 Å². The lowest BCUT2D eigenvalue weighted by atomic mass is 9.93. The number of aromatic hydroxyl groups is 2. The molecule has 2 rings (SSSR count). The number of nitrogens with zero attached hydrogens (tertiary/aromatic N) is 1. The summed E-state index contributed by atoms with van der Waals surface area (Å²) in [7, 11) is 0. The smallest absolute Gasteiger partial charge is 0.303 e. The largest absolute Gasteiger partial charge is 0.508 e. The molecule has 21 heavy (non-hydrogen) atoms. The Bertz CT molecular complexity index is 523. The normalized spacial score (nSPS) is 18.5. The molecule has 0 radical (unpaired) electrons. The first-order chi connectivity index (χ1) is 9.95. The van der Waals surface area contributed by atoms with E-state index in [0.29, 0.717) is 19.5 Å². The molecule has 0 spiro atoms. The number of carboxylic acid groups (broad SMARTS) is 1. The molecule has 0 aromatic heterocycles. The van der Waals surface area contributed by atoms with Gasteiger partial charge in [0, 0.05) is 31.1 Å². The molecule has 0 saturated carbocycles. The van der Waals surface area contributed by atoms with Crippen LogP contribution in [0, 0.1) is 5.92 Å². The van der Waals surface area contributed by atoms with Gasteiger partial charge in [-0.25, -0.2) is 0 Å². The first-order valence-electron chi connectivity index (χ1n) is 7.00. The number of likely N-dealkylation sites (tertiary alicyclic amines) is 1. The lowest BCUT2D eigenvalue weighted by Gasteiger charge is -2.32. The standard InChI is InChI=1S/C15H19NO5/c17-12-6-11(7-13(18)8-12)15(21)16-5-1-2-10(9-16)3-4-14(19)20/h6-8,10,17-18H,1-5,9H2,(H,19,20). The minimum atomic E-state index is -0.823. The van der Waals surface area contributed by atoms with Crippen molar-refractivity contribution in [2.75, 3.05) is 13.1 Å². The molecule has 1 aromatic rings. The van der Waals surface area contributed by atoms with Crippen LogP contribution in [0.4, 0.5) is 0 Å². The first-order valence-corrected chi connectivity index (χ1v) is 7.00. The maximum atomic E-state index is 12.4. The van der Waals surface area contributed by atoms with Gasteiger partial charge in [0.2, 0.25) is 0 Å². The molecule has 0 aliphatic carbocycles. The van der Waals surface area contributed by atoms with Gasteiger partial charge in [-0.3, -0.25) is 9.59 Å². The zero-order chi connectivity index (χ0) is 15.4. The van der Waals surface area contributed by atoms with Crippen LogP contribution in [0.15, 0.2) is 18.2 Å². The summed E-state index contributed by atoms with van der Waals surface area (Å²) in [5.41, 5.74) is 0.242. The average Bonchev–Trinajstić information content (AvgIpc) is 2.43. The number of carboxylic acids is 1. The number of phenolic OH excluding ortho intramolecular Hbond substituents is 2. The van der Waals surface area contributed by atoms with Gasteiger partial charge in [-0.05, 0) is 37.3 Å². The Kier molecular flexibility index (Phi) is 4.67. The highest BCUT2D eigenvalue weighted by Gasteiger charge is 2.25. The molecule has 6 nitrogen and oxygen atoms in total. The second-order valence-electron chi connectivity index (χ2n) is 5.43. The fourth-order valence-corrected chi connectivity index (χ4v) is 2.71. The highest BCUT2D eigenvalue weighted by Crippen LogP contribution is 2.25. The van der Waals surface area contributed by atoms with E-state index in [-0.39, 0.29) is 35.3 Å². The van der Waals surface area contributed by atoms with Gasteiger partial charge in [-0.15, -0.1) is 0 Å². The maximum absolute atomic E-state index is 12.4. The van der Waals surface area contributed by atoms with Gasteiger partial charge in [0.25, 0.3) is 5.91 Å². The molecule has 1 saturated heterocycles. The molecular formula is C15H19NO5. The molecule has 114 valence electrons. The van der Waals surface area contributed by atoms with Crippen LogP contribution >= 0.6 is 0 Å². The molecule has 3 N–H and O–H groups in total. The van der Waals surface area contributed by atoms with E-state index in [1.807, 2.05) is 0 Å². The molecule has 1 atom stereocenters. The Labute approximate surface area is 122 Å². The second kappa shape index (κ2) is 6.47. The number of aliphatic carboxylic acids is 1. The second-order valence-corrected chi connectivity index (χ2v) is 5.43. The fourth-order valence-electron chi connectivity index (χ4n) is 2.71. The van der Waals surface area contributed by atoms with E-state index in [2.05, 4.69) is 0 Å². The van der Waals surface area contributed by atoms with Gasteiger partial charge in [-0.2, -0.15) is 0 Å². The molecule has 1 unspecified atom stereocenters. The van der Waals surface area contributed by atoms with E-state index < -0.39 is 5.97 Å². The Hall–Kier alpha value is -2.24. The monoisotopic (exact) mass is 293 g/mol. The number of carbonyl (C=O) groups is 2. The topological polar surface area (TPSA) is 98.1 Å². The van der Waals surface area contributed by atoms with Crippen LogP contribution in [0.3, 0.4) is 0 Å². The van der Waals surface area contributed by atoms with Crippen LogP contribution in [0.1, 0.15) is 36.0 Å². The third-order valence-electron chi connectivity index (χ3n) is 3.72. The zero-order valence-electron chi connectivity index (χ0n) is 11.7. The summed E-state index contributed by atoms with van der Waals surface area (Å²) in [5.74, 6) is -1.20. The number of piperidine rings is 1. The number of rotatable bonds is 4. The van der Waals surface area contributed by atoms with Crippen molar-refractivity contribution >= 4 is 11.9 Å². The number of benzene rings is 1. The lowest BCUT2D eigenvalue weighted by molar-refractivity contribution is -0.137. The van der Waals surface area contributed by atoms with Gasteiger partial charge < -0.3 is 20.2 Å². The van der Waals surface area contributed by atoms with Gasteiger partial charge in [-0.1, -0.05) is 0 Å². The van der Waals surface area contributed by atoms with E-state index in [4.69, 9.17) is 5.11 Å². The van der Waals surface area contributed by atoms with E-state index in [0.717, 1.165) is 12.8 Å². The fraction of sp³-hybridized carbons (Fsp3) is 0.467. The third kappa shape index (κ3) is 4.11. The summed E-state index contributed by atoms with van der Waals surface area (Å²) >= 11 is 0. The summed E-state index contributed by atoms with van der Waals surface area (Å²) < 4.78 is 0. The minimum Gasteiger partial charge on any atom is -0.508 e. The predicted octanol–water partition coefficient (Wildman–Crippen LogP) is 1.81. The van der Waals surface area contributed by atoms with Crippen molar-refractivity contribution in [3.8, 4) is 11.5 Å². The number of amides is 1. The van der Waals surface area contributed by atoms with Crippen molar-refractivity contribution in [2.24, 2.45) is 5.92 Å². The molecular weight excluding hydrogens is 274 g/mol. The number of carbonyl (C=O) groups excluding carboxylic acids is 1. The molecule has 1 heterocycles. The summed E-state index contributed by atoms with van der Waals surface area (Å²) in [6.45, 7) is 1.13. The molecule has 6 heteroatoms. The highest BCUT2D eigenvalue weighted by atomic mass is 16.4. The van der Waals surface area contributed by atoms with Gasteiger partial charge >= 0.3 is 5.97 Å². The van der Waals surface area contributed by atoms with Crippen LogP contribution in [0.2, 0.25) is 0 Å². The van der Waals surface area contributed by atoms with E-state index in [9.17, 15) is 19.8 Å². The first kappa shape index (κ1) is 15.2. The maximum Gasteiger partial charge on any atom is 0.303 e. The Morgan fingerprint density at radius 2 is 1.86 bits per heavy atom. The van der Waals surface area contributed by atoms with Crippen molar-refractivity contribution in [1.82, 2.24) is 4.90 Å². The van der Waals surface area contributed by atoms with Gasteiger partial charge in [0.05, 0.1) is 0 Å². The summed E-state index contributed by atoms with van der Waals surface area (Å²) in [6.07, 6.45) is 2.42. The third-order valence-corrected chi connectivity index (χ3v) is 3.72. The van der Waals surface area contributed by atoms with E-state index in [1.165, 1.54) is 18.2 Å². The van der Waals surface area contributed by atoms with Crippen LogP contribution in [-0.2, 0) is 4.79 Å². The SMILES string of the molecule is O=C(O)CCC1CCCN(C(=O)c2cc(O)cc(O)c2)C1. The lowest BCUT2D eigenvalue weighted by Crippen LogP contribution is -2.40. The molecule has 0 bridgehead atoms. The molecule has 1 fully saturated rings. The number of hydrogen-bond donors (Lipinski definition) is 3. The summed E-state index contributed by atoms with van der Waals surface area (Å²) in [4.78, 5) is 24.6. The quantitative estimate of drug-likeness (QED) is 0.786. The van der Waals surface area contributed by atoms with Crippen LogP contribution in [0.25, 0.3) is 0 Å². The summed E-state index contributed by atoms with van der Waals surface area (Å²) in [6, 6.07) is 3.81.